The highest BCUT2D eigenvalue weighted by Gasteiger charge is 2.15. The fourth-order valence-corrected chi connectivity index (χ4v) is 2.41. The zero-order valence-corrected chi connectivity index (χ0v) is 11.9. The molecule has 0 bridgehead atoms. The first-order valence-corrected chi connectivity index (χ1v) is 7.41. The summed E-state index contributed by atoms with van der Waals surface area (Å²) >= 11 is 0. The molecule has 102 valence electrons. The molecule has 0 heterocycles. The number of rotatable bonds is 6. The number of allylic oxidation sites excluding steroid dienone is 1. The molecule has 0 aromatic heterocycles. The van der Waals surface area contributed by atoms with Gasteiger partial charge in [-0.25, -0.2) is 0 Å². The molecule has 1 aromatic carbocycles. The highest BCUT2D eigenvalue weighted by atomic mass is 32.2. The Kier molecular flexibility index (Phi) is 5.74. The van der Waals surface area contributed by atoms with Crippen LogP contribution in [0.25, 0.3) is 0 Å². The number of benzene rings is 1. The average molecular weight is 279 g/mol. The third-order valence-electron chi connectivity index (χ3n) is 2.51. The monoisotopic (exact) mass is 279 g/mol. The van der Waals surface area contributed by atoms with Crippen molar-refractivity contribution in [3.63, 3.8) is 0 Å². The van der Waals surface area contributed by atoms with Gasteiger partial charge in [0.25, 0.3) is 10.1 Å². The SMILES string of the molecule is CC/C=C(/CC#N)COS(=O)(=O)c1ccc(C)cc1. The molecule has 0 radical (unpaired) electrons. The van der Waals surface area contributed by atoms with Crippen molar-refractivity contribution in [3.05, 3.63) is 41.5 Å². The lowest BCUT2D eigenvalue weighted by atomic mass is 10.2. The lowest BCUT2D eigenvalue weighted by molar-refractivity contribution is 0.346. The number of nitrogens with zero attached hydrogens (tertiary/aromatic N) is 1. The van der Waals surface area contributed by atoms with Crippen LogP contribution < -0.4 is 0 Å². The number of hydrogen-bond donors (Lipinski definition) is 0. The molecule has 0 aliphatic rings. The van der Waals surface area contributed by atoms with Crippen molar-refractivity contribution in [1.29, 1.82) is 5.26 Å². The minimum Gasteiger partial charge on any atom is -0.262 e. The quantitative estimate of drug-likeness (QED) is 0.593. The molecular weight excluding hydrogens is 262 g/mol. The van der Waals surface area contributed by atoms with Crippen LogP contribution in [-0.2, 0) is 14.3 Å². The van der Waals surface area contributed by atoms with Gasteiger partial charge in [-0.15, -0.1) is 0 Å². The standard InChI is InChI=1S/C14H17NO3S/c1-3-4-13(9-10-15)11-18-19(16,17)14-7-5-12(2)6-8-14/h4-8H,3,9,11H2,1-2H3/b13-4-. The van der Waals surface area contributed by atoms with Crippen LogP contribution in [0.2, 0.25) is 0 Å². The molecule has 0 saturated carbocycles. The Bertz CT molecular complexity index is 580. The Morgan fingerprint density at radius 2 is 2.00 bits per heavy atom. The average Bonchev–Trinajstić information content (AvgIpc) is 2.37. The van der Waals surface area contributed by atoms with Gasteiger partial charge in [0.15, 0.2) is 0 Å². The minimum atomic E-state index is -3.76. The second kappa shape index (κ2) is 7.07. The van der Waals surface area contributed by atoms with E-state index in [0.29, 0.717) is 5.57 Å². The molecule has 0 atom stereocenters. The summed E-state index contributed by atoms with van der Waals surface area (Å²) in [4.78, 5) is 0.130. The van der Waals surface area contributed by atoms with Crippen LogP contribution in [0.1, 0.15) is 25.3 Å². The molecule has 0 spiro atoms. The number of nitriles is 1. The second-order valence-corrected chi connectivity index (χ2v) is 5.75. The molecule has 0 N–H and O–H groups in total. The van der Waals surface area contributed by atoms with E-state index in [1.165, 1.54) is 12.1 Å². The topological polar surface area (TPSA) is 67.2 Å². The largest absolute Gasteiger partial charge is 0.297 e. The summed E-state index contributed by atoms with van der Waals surface area (Å²) < 4.78 is 28.8. The van der Waals surface area contributed by atoms with Crippen LogP contribution in [0.3, 0.4) is 0 Å². The fourth-order valence-electron chi connectivity index (χ4n) is 1.50. The van der Waals surface area contributed by atoms with Gasteiger partial charge in [-0.1, -0.05) is 30.7 Å². The van der Waals surface area contributed by atoms with E-state index in [4.69, 9.17) is 9.44 Å². The summed E-state index contributed by atoms with van der Waals surface area (Å²) in [6.45, 7) is 3.73. The van der Waals surface area contributed by atoms with Gasteiger partial charge in [0.1, 0.15) is 0 Å². The van der Waals surface area contributed by atoms with Gasteiger partial charge in [0.05, 0.1) is 24.0 Å². The summed E-state index contributed by atoms with van der Waals surface area (Å²) in [7, 11) is -3.76. The molecule has 1 aromatic rings. The third kappa shape index (κ3) is 4.86. The van der Waals surface area contributed by atoms with Crippen molar-refractivity contribution in [2.24, 2.45) is 0 Å². The van der Waals surface area contributed by atoms with Gasteiger partial charge in [-0.05, 0) is 31.1 Å². The van der Waals surface area contributed by atoms with Crippen molar-refractivity contribution < 1.29 is 12.6 Å². The third-order valence-corrected chi connectivity index (χ3v) is 3.79. The molecule has 0 amide bonds. The number of aryl methyl sites for hydroxylation is 1. The predicted molar refractivity (Wildman–Crippen MR) is 72.9 cm³/mol. The van der Waals surface area contributed by atoms with Crippen molar-refractivity contribution >= 4 is 10.1 Å². The van der Waals surface area contributed by atoms with E-state index < -0.39 is 10.1 Å². The molecule has 0 aliphatic heterocycles. The van der Waals surface area contributed by atoms with Gasteiger partial charge in [-0.2, -0.15) is 13.7 Å². The van der Waals surface area contributed by atoms with E-state index in [2.05, 4.69) is 0 Å². The zero-order chi connectivity index (χ0) is 14.3. The van der Waals surface area contributed by atoms with E-state index in [0.717, 1.165) is 12.0 Å². The van der Waals surface area contributed by atoms with Crippen LogP contribution in [0.5, 0.6) is 0 Å². The predicted octanol–water partition coefficient (Wildman–Crippen LogP) is 2.95. The molecule has 0 unspecified atom stereocenters. The van der Waals surface area contributed by atoms with E-state index in [1.807, 2.05) is 26.0 Å². The normalized spacial score (nSPS) is 12.2. The van der Waals surface area contributed by atoms with E-state index in [-0.39, 0.29) is 17.9 Å². The molecular formula is C14H17NO3S. The van der Waals surface area contributed by atoms with Crippen LogP contribution in [-0.4, -0.2) is 15.0 Å². The summed E-state index contributed by atoms with van der Waals surface area (Å²) in [6.07, 6.45) is 2.73. The van der Waals surface area contributed by atoms with Crippen LogP contribution in [0.15, 0.2) is 40.8 Å². The minimum absolute atomic E-state index is 0.0718. The summed E-state index contributed by atoms with van der Waals surface area (Å²) in [5, 5.41) is 8.64. The Morgan fingerprint density at radius 3 is 2.53 bits per heavy atom. The van der Waals surface area contributed by atoms with Gasteiger partial charge in [0.2, 0.25) is 0 Å². The van der Waals surface area contributed by atoms with Gasteiger partial charge in [-0.3, -0.25) is 4.18 Å². The second-order valence-electron chi connectivity index (χ2n) is 4.13. The van der Waals surface area contributed by atoms with E-state index >= 15 is 0 Å². The molecule has 1 rings (SSSR count). The zero-order valence-electron chi connectivity index (χ0n) is 11.1. The lowest BCUT2D eigenvalue weighted by Gasteiger charge is -2.07. The summed E-state index contributed by atoms with van der Waals surface area (Å²) in [5.74, 6) is 0. The molecule has 19 heavy (non-hydrogen) atoms. The maximum absolute atomic E-state index is 11.9. The van der Waals surface area contributed by atoms with Crippen molar-refractivity contribution in [1.82, 2.24) is 0 Å². The molecule has 0 aliphatic carbocycles. The molecule has 5 heteroatoms. The molecule has 4 nitrogen and oxygen atoms in total. The molecule has 0 fully saturated rings. The highest BCUT2D eigenvalue weighted by Crippen LogP contribution is 2.15. The van der Waals surface area contributed by atoms with Gasteiger partial charge >= 0.3 is 0 Å². The van der Waals surface area contributed by atoms with Gasteiger partial charge in [0, 0.05) is 0 Å². The Hall–Kier alpha value is -1.64. The van der Waals surface area contributed by atoms with Crippen LogP contribution >= 0.6 is 0 Å². The number of hydrogen-bond acceptors (Lipinski definition) is 4. The summed E-state index contributed by atoms with van der Waals surface area (Å²) in [6, 6.07) is 8.45. The van der Waals surface area contributed by atoms with Crippen LogP contribution in [0, 0.1) is 18.3 Å². The highest BCUT2D eigenvalue weighted by molar-refractivity contribution is 7.86. The maximum Gasteiger partial charge on any atom is 0.297 e. The molecule has 0 saturated heterocycles. The summed E-state index contributed by atoms with van der Waals surface area (Å²) in [5.41, 5.74) is 1.66. The lowest BCUT2D eigenvalue weighted by Crippen LogP contribution is -2.09. The van der Waals surface area contributed by atoms with Crippen molar-refractivity contribution in [3.8, 4) is 6.07 Å². The van der Waals surface area contributed by atoms with E-state index in [9.17, 15) is 8.42 Å². The van der Waals surface area contributed by atoms with E-state index in [1.54, 1.807) is 12.1 Å². The first-order chi connectivity index (χ1) is 8.99. The van der Waals surface area contributed by atoms with Crippen molar-refractivity contribution in [2.45, 2.75) is 31.6 Å². The van der Waals surface area contributed by atoms with Gasteiger partial charge < -0.3 is 0 Å². The first-order valence-electron chi connectivity index (χ1n) is 6.00. The fraction of sp³-hybridized carbons (Fsp3) is 0.357. The smallest absolute Gasteiger partial charge is 0.262 e. The Morgan fingerprint density at radius 1 is 1.37 bits per heavy atom. The van der Waals surface area contributed by atoms with Crippen molar-refractivity contribution in [2.75, 3.05) is 6.61 Å². The van der Waals surface area contributed by atoms with Crippen LogP contribution in [0.4, 0.5) is 0 Å². The Balaban J connectivity index is 2.78. The Labute approximate surface area is 114 Å². The first kappa shape index (κ1) is 15.4. The maximum atomic E-state index is 11.9.